The fourth-order valence-electron chi connectivity index (χ4n) is 0.788. The summed E-state index contributed by atoms with van der Waals surface area (Å²) < 4.78 is 5.82. The van der Waals surface area contributed by atoms with Gasteiger partial charge in [0.05, 0.1) is 13.2 Å². The van der Waals surface area contributed by atoms with Crippen molar-refractivity contribution in [3.63, 3.8) is 0 Å². The van der Waals surface area contributed by atoms with Crippen molar-refractivity contribution in [1.29, 1.82) is 0 Å². The molecule has 1 saturated heterocycles. The highest BCUT2D eigenvalue weighted by Crippen LogP contribution is 2.19. The first-order valence-corrected chi connectivity index (χ1v) is 4.01. The molecular weight excluding hydrogens is 217 g/mol. The van der Waals surface area contributed by atoms with E-state index in [4.69, 9.17) is 10.5 Å². The molecule has 2 N–H and O–H groups in total. The van der Waals surface area contributed by atoms with Gasteiger partial charge in [0, 0.05) is 9.84 Å². The van der Waals surface area contributed by atoms with Crippen LogP contribution >= 0.6 is 22.6 Å². The number of alkyl halides is 1. The molecule has 0 saturated carbocycles. The standard InChI is InChI=1S/C5H10INO/c6-5-3-8-2-4(5)1-7/h4-5H,1-3,7H2. The molecule has 3 heteroatoms. The number of nitrogens with two attached hydrogens (primary N) is 1. The van der Waals surface area contributed by atoms with Crippen molar-refractivity contribution in [2.45, 2.75) is 3.92 Å². The molecule has 1 fully saturated rings. The third-order valence-corrected chi connectivity index (χ3v) is 2.80. The average molecular weight is 227 g/mol. The Bertz CT molecular complexity index is 78.8. The maximum Gasteiger partial charge on any atom is 0.0588 e. The quantitative estimate of drug-likeness (QED) is 0.519. The van der Waals surface area contributed by atoms with E-state index in [1.54, 1.807) is 0 Å². The summed E-state index contributed by atoms with van der Waals surface area (Å²) in [5.74, 6) is 0.607. The molecule has 0 spiro atoms. The Morgan fingerprint density at radius 3 is 2.62 bits per heavy atom. The minimum Gasteiger partial charge on any atom is -0.380 e. The molecule has 0 radical (unpaired) electrons. The lowest BCUT2D eigenvalue weighted by Crippen LogP contribution is -2.21. The maximum atomic E-state index is 5.44. The molecule has 2 nitrogen and oxygen atoms in total. The highest BCUT2D eigenvalue weighted by molar-refractivity contribution is 14.1. The first kappa shape index (κ1) is 6.77. The van der Waals surface area contributed by atoms with Gasteiger partial charge in [-0.1, -0.05) is 22.6 Å². The average Bonchev–Trinajstić information content (AvgIpc) is 2.14. The van der Waals surface area contributed by atoms with Crippen LogP contribution in [0.2, 0.25) is 0 Å². The highest BCUT2D eigenvalue weighted by atomic mass is 127. The van der Waals surface area contributed by atoms with Gasteiger partial charge in [-0.2, -0.15) is 0 Å². The molecule has 1 aliphatic rings. The van der Waals surface area contributed by atoms with Crippen LogP contribution in [0.1, 0.15) is 0 Å². The highest BCUT2D eigenvalue weighted by Gasteiger charge is 2.23. The van der Waals surface area contributed by atoms with Crippen LogP contribution in [0.4, 0.5) is 0 Å². The fourth-order valence-corrected chi connectivity index (χ4v) is 1.54. The number of rotatable bonds is 1. The van der Waals surface area contributed by atoms with E-state index in [2.05, 4.69) is 22.6 Å². The molecule has 8 heavy (non-hydrogen) atoms. The molecule has 2 unspecified atom stereocenters. The molecule has 0 aromatic carbocycles. The molecular formula is C5H10INO. The summed E-state index contributed by atoms with van der Waals surface area (Å²) in [7, 11) is 0. The molecule has 0 amide bonds. The predicted octanol–water partition coefficient (Wildman–Crippen LogP) is 0.395. The summed E-state index contributed by atoms with van der Waals surface area (Å²) in [5.41, 5.74) is 5.44. The van der Waals surface area contributed by atoms with E-state index in [0.717, 1.165) is 19.8 Å². The monoisotopic (exact) mass is 227 g/mol. The number of hydrogen-bond donors (Lipinski definition) is 1. The Morgan fingerprint density at radius 2 is 2.38 bits per heavy atom. The van der Waals surface area contributed by atoms with Gasteiger partial charge < -0.3 is 10.5 Å². The molecule has 0 aromatic rings. The molecule has 48 valence electrons. The van der Waals surface area contributed by atoms with Crippen molar-refractivity contribution in [3.8, 4) is 0 Å². The zero-order chi connectivity index (χ0) is 5.98. The summed E-state index contributed by atoms with van der Waals surface area (Å²) in [6.45, 7) is 2.53. The van der Waals surface area contributed by atoms with Gasteiger partial charge >= 0.3 is 0 Å². The van der Waals surface area contributed by atoms with Gasteiger partial charge in [-0.3, -0.25) is 0 Å². The van der Waals surface area contributed by atoms with E-state index >= 15 is 0 Å². The van der Waals surface area contributed by atoms with Gasteiger partial charge in [-0.25, -0.2) is 0 Å². The molecule has 0 bridgehead atoms. The van der Waals surface area contributed by atoms with Crippen LogP contribution < -0.4 is 5.73 Å². The van der Waals surface area contributed by atoms with Gasteiger partial charge in [0.25, 0.3) is 0 Å². The minimum absolute atomic E-state index is 0.607. The van der Waals surface area contributed by atoms with Crippen LogP contribution in [0.15, 0.2) is 0 Å². The van der Waals surface area contributed by atoms with E-state index < -0.39 is 0 Å². The Hall–Kier alpha value is 0.650. The molecule has 1 rings (SSSR count). The van der Waals surface area contributed by atoms with Crippen molar-refractivity contribution in [3.05, 3.63) is 0 Å². The first-order chi connectivity index (χ1) is 3.84. The third-order valence-electron chi connectivity index (χ3n) is 1.42. The van der Waals surface area contributed by atoms with E-state index in [0.29, 0.717) is 9.84 Å². The minimum atomic E-state index is 0.607. The topological polar surface area (TPSA) is 35.2 Å². The molecule has 1 aliphatic heterocycles. The van der Waals surface area contributed by atoms with Gasteiger partial charge in [-0.05, 0) is 6.54 Å². The Labute approximate surface area is 62.9 Å². The van der Waals surface area contributed by atoms with Crippen LogP contribution in [-0.2, 0) is 4.74 Å². The van der Waals surface area contributed by atoms with Crippen LogP contribution in [0, 0.1) is 5.92 Å². The van der Waals surface area contributed by atoms with Gasteiger partial charge in [-0.15, -0.1) is 0 Å². The smallest absolute Gasteiger partial charge is 0.0588 e. The van der Waals surface area contributed by atoms with Crippen LogP contribution in [-0.4, -0.2) is 23.7 Å². The van der Waals surface area contributed by atoms with Crippen LogP contribution in [0.25, 0.3) is 0 Å². The van der Waals surface area contributed by atoms with Crippen molar-refractivity contribution >= 4 is 22.6 Å². The van der Waals surface area contributed by atoms with Gasteiger partial charge in [0.15, 0.2) is 0 Å². The number of hydrogen-bond acceptors (Lipinski definition) is 2. The summed E-state index contributed by atoms with van der Waals surface area (Å²) >= 11 is 2.39. The van der Waals surface area contributed by atoms with Crippen molar-refractivity contribution in [1.82, 2.24) is 0 Å². The molecule has 0 aliphatic carbocycles. The molecule has 2 atom stereocenters. The van der Waals surface area contributed by atoms with Crippen molar-refractivity contribution in [2.24, 2.45) is 11.7 Å². The summed E-state index contributed by atoms with van der Waals surface area (Å²) in [5, 5.41) is 0. The van der Waals surface area contributed by atoms with Crippen LogP contribution in [0.5, 0.6) is 0 Å². The van der Waals surface area contributed by atoms with E-state index in [-0.39, 0.29) is 0 Å². The largest absolute Gasteiger partial charge is 0.380 e. The second-order valence-electron chi connectivity index (χ2n) is 2.05. The molecule has 0 aromatic heterocycles. The summed E-state index contributed by atoms with van der Waals surface area (Å²) in [6, 6.07) is 0. The lowest BCUT2D eigenvalue weighted by molar-refractivity contribution is 0.187. The lowest BCUT2D eigenvalue weighted by Gasteiger charge is -2.05. The number of ether oxygens (including phenoxy) is 1. The van der Waals surface area contributed by atoms with E-state index in [1.807, 2.05) is 0 Å². The lowest BCUT2D eigenvalue weighted by atomic mass is 10.1. The second kappa shape index (κ2) is 2.98. The second-order valence-corrected chi connectivity index (χ2v) is 3.65. The predicted molar refractivity (Wildman–Crippen MR) is 41.2 cm³/mol. The summed E-state index contributed by atoms with van der Waals surface area (Å²) in [4.78, 5) is 0. The Balaban J connectivity index is 2.30. The van der Waals surface area contributed by atoms with E-state index in [1.165, 1.54) is 0 Å². The Morgan fingerprint density at radius 1 is 1.62 bits per heavy atom. The SMILES string of the molecule is NCC1COCC1I. The van der Waals surface area contributed by atoms with E-state index in [9.17, 15) is 0 Å². The molecule has 1 heterocycles. The Kier molecular flexibility index (Phi) is 2.52. The van der Waals surface area contributed by atoms with Crippen LogP contribution in [0.3, 0.4) is 0 Å². The third kappa shape index (κ3) is 1.33. The van der Waals surface area contributed by atoms with Crippen molar-refractivity contribution in [2.75, 3.05) is 19.8 Å². The maximum absolute atomic E-state index is 5.44. The first-order valence-electron chi connectivity index (χ1n) is 2.76. The zero-order valence-corrected chi connectivity index (χ0v) is 6.80. The fraction of sp³-hybridized carbons (Fsp3) is 1.00. The normalized spacial score (nSPS) is 38.2. The van der Waals surface area contributed by atoms with Crippen molar-refractivity contribution < 1.29 is 4.74 Å². The zero-order valence-electron chi connectivity index (χ0n) is 4.64. The number of halogens is 1. The van der Waals surface area contributed by atoms with Gasteiger partial charge in [0.2, 0.25) is 0 Å². The summed E-state index contributed by atoms with van der Waals surface area (Å²) in [6.07, 6.45) is 0. The van der Waals surface area contributed by atoms with Gasteiger partial charge in [0.1, 0.15) is 0 Å².